The summed E-state index contributed by atoms with van der Waals surface area (Å²) in [6.07, 6.45) is 2.78. The molecule has 0 saturated carbocycles. The van der Waals surface area contributed by atoms with Crippen molar-refractivity contribution in [3.63, 3.8) is 0 Å². The average molecular weight is 996 g/mol. The molecule has 18 heteroatoms. The molecule has 0 radical (unpaired) electrons. The van der Waals surface area contributed by atoms with Gasteiger partial charge in [-0.2, -0.15) is 10.2 Å². The molecule has 374 valence electrons. The lowest BCUT2D eigenvalue weighted by Crippen LogP contribution is -2.56. The van der Waals surface area contributed by atoms with Crippen LogP contribution < -0.4 is 14.7 Å². The molecule has 16 nitrogen and oxygen atoms in total. The zero-order valence-electron chi connectivity index (χ0n) is 40.8. The van der Waals surface area contributed by atoms with Gasteiger partial charge in [-0.25, -0.2) is 13.9 Å². The number of halogens is 2. The predicted octanol–water partition coefficient (Wildman–Crippen LogP) is 7.78. The number of fused-ring (bicyclic) bond motifs is 2. The largest absolute Gasteiger partial charge is 0.508 e. The Bertz CT molecular complexity index is 3030. The number of benzene rings is 4. The lowest BCUT2D eigenvalue weighted by molar-refractivity contribution is -0.131. The molecule has 4 aromatic carbocycles. The third-order valence-corrected chi connectivity index (χ3v) is 15.3. The van der Waals surface area contributed by atoms with Crippen LogP contribution in [0.5, 0.6) is 17.5 Å². The van der Waals surface area contributed by atoms with Gasteiger partial charge in [0.15, 0.2) is 11.7 Å². The molecule has 10 rings (SSSR count). The smallest absolute Gasteiger partial charge is 0.319 e. The minimum absolute atomic E-state index is 0.000616. The summed E-state index contributed by atoms with van der Waals surface area (Å²) in [5.74, 6) is 0.380. The van der Waals surface area contributed by atoms with Crippen molar-refractivity contribution < 1.29 is 24.5 Å². The highest BCUT2D eigenvalue weighted by Gasteiger charge is 2.36. The van der Waals surface area contributed by atoms with Crippen LogP contribution in [0.4, 0.5) is 21.8 Å². The molecule has 6 heterocycles. The van der Waals surface area contributed by atoms with Gasteiger partial charge in [-0.15, -0.1) is 5.10 Å². The monoisotopic (exact) mass is 994 g/mol. The van der Waals surface area contributed by atoms with Crippen molar-refractivity contribution in [2.24, 2.45) is 5.92 Å². The molecule has 0 spiro atoms. The van der Waals surface area contributed by atoms with E-state index >= 15 is 0 Å². The van der Waals surface area contributed by atoms with Crippen LogP contribution in [0, 0.1) is 17.2 Å². The van der Waals surface area contributed by atoms with E-state index in [1.54, 1.807) is 6.07 Å². The standard InChI is InChI=1S/C54H60ClFN12O4/c1-34(2)42-28-43(48(70)29-47(42)69)51-60-61-54(72)68(51)39-12-10-36(11-13-39)30-62-22-24-63(25-23-62)31-37-15-19-64(20-16-37)53-58-45-33-65(46-9-5-7-38-6-4-8-44(55)49(38)46)21-17-41(45)50(59-53)66-26-27-67(52(71)35(3)56)40(32-66)14-18-57/h4-13,28-29,34,37,40,69-70H,3,14-17,19-27,30-33H2,1-2H3,(H,61,72). The van der Waals surface area contributed by atoms with Gasteiger partial charge in [-0.3, -0.25) is 9.69 Å². The summed E-state index contributed by atoms with van der Waals surface area (Å²) in [7, 11) is 0. The number of hydrogen-bond acceptors (Lipinski definition) is 14. The van der Waals surface area contributed by atoms with Crippen LogP contribution in [-0.4, -0.2) is 139 Å². The lowest BCUT2D eigenvalue weighted by Gasteiger charge is -2.43. The number of phenolic OH excluding ortho intramolecular Hbond substituents is 2. The first-order valence-corrected chi connectivity index (χ1v) is 25.3. The number of phenols is 2. The number of carbonyl (C=O) groups excluding carboxylic acids is 1. The lowest BCUT2D eigenvalue weighted by atomic mass is 9.96. The van der Waals surface area contributed by atoms with Crippen LogP contribution in [-0.2, 0) is 24.3 Å². The summed E-state index contributed by atoms with van der Waals surface area (Å²) < 4.78 is 15.6. The second-order valence-corrected chi connectivity index (χ2v) is 20.2. The molecule has 2 aromatic heterocycles. The molecule has 0 bridgehead atoms. The minimum Gasteiger partial charge on any atom is -0.508 e. The quantitative estimate of drug-likeness (QED) is 0.101. The van der Waals surface area contributed by atoms with Crippen LogP contribution >= 0.6 is 11.6 Å². The number of anilines is 3. The van der Waals surface area contributed by atoms with Gasteiger partial charge < -0.3 is 39.8 Å². The van der Waals surface area contributed by atoms with E-state index in [0.29, 0.717) is 59.8 Å². The van der Waals surface area contributed by atoms with E-state index in [4.69, 9.17) is 21.6 Å². The molecule has 1 atom stereocenters. The van der Waals surface area contributed by atoms with Gasteiger partial charge in [-0.1, -0.05) is 73.5 Å². The Morgan fingerprint density at radius 3 is 2.32 bits per heavy atom. The van der Waals surface area contributed by atoms with E-state index in [0.717, 1.165) is 111 Å². The van der Waals surface area contributed by atoms with E-state index in [9.17, 15) is 29.8 Å². The first-order valence-electron chi connectivity index (χ1n) is 24.9. The van der Waals surface area contributed by atoms with Crippen molar-refractivity contribution in [1.29, 1.82) is 5.26 Å². The van der Waals surface area contributed by atoms with E-state index in [1.807, 2.05) is 50.2 Å². The van der Waals surface area contributed by atoms with Crippen molar-refractivity contribution in [3.05, 3.63) is 113 Å². The molecule has 6 aromatic rings. The second kappa shape index (κ2) is 20.6. The zero-order chi connectivity index (χ0) is 50.2. The molecular formula is C54H60ClFN12O4. The number of nitrogens with zero attached hydrogens (tertiary/aromatic N) is 12. The van der Waals surface area contributed by atoms with Crippen LogP contribution in [0.3, 0.4) is 0 Å². The molecule has 0 aliphatic carbocycles. The highest BCUT2D eigenvalue weighted by atomic mass is 35.5. The Labute approximate surface area is 423 Å². The molecular weight excluding hydrogens is 935 g/mol. The normalized spacial score (nSPS) is 18.2. The second-order valence-electron chi connectivity index (χ2n) is 19.8. The predicted molar refractivity (Wildman–Crippen MR) is 276 cm³/mol. The summed E-state index contributed by atoms with van der Waals surface area (Å²) in [5.41, 5.74) is 5.89. The van der Waals surface area contributed by atoms with Crippen LogP contribution in [0.25, 0.3) is 27.8 Å². The van der Waals surface area contributed by atoms with Crippen molar-refractivity contribution in [2.45, 2.75) is 64.6 Å². The highest BCUT2D eigenvalue weighted by Crippen LogP contribution is 2.40. The van der Waals surface area contributed by atoms with Gasteiger partial charge in [0.1, 0.15) is 17.3 Å². The van der Waals surface area contributed by atoms with E-state index in [2.05, 4.69) is 71.6 Å². The number of rotatable bonds is 12. The third-order valence-electron chi connectivity index (χ3n) is 14.9. The van der Waals surface area contributed by atoms with Crippen LogP contribution in [0.1, 0.15) is 61.4 Å². The molecule has 3 N–H and O–H groups in total. The fourth-order valence-corrected chi connectivity index (χ4v) is 11.3. The van der Waals surface area contributed by atoms with Gasteiger partial charge in [0.25, 0.3) is 5.91 Å². The Kier molecular flexibility index (Phi) is 13.9. The number of amides is 1. The summed E-state index contributed by atoms with van der Waals surface area (Å²) in [6, 6.07) is 24.6. The summed E-state index contributed by atoms with van der Waals surface area (Å²) in [6.45, 7) is 16.8. The first kappa shape index (κ1) is 48.6. The SMILES string of the molecule is C=C(F)C(=O)N1CCN(c2nc(N3CCC(CN4CCN(Cc5ccc(-n6c(O)nnc6-c6cc(C(C)C)c(O)cc6O)cc5)CC4)CC3)nc3c2CCN(c2cccc4cccc(Cl)c24)C3)CC1CC#N. The van der Waals surface area contributed by atoms with Crippen molar-refractivity contribution in [3.8, 4) is 40.7 Å². The van der Waals surface area contributed by atoms with Crippen LogP contribution in [0.15, 0.2) is 85.2 Å². The summed E-state index contributed by atoms with van der Waals surface area (Å²) >= 11 is 6.82. The van der Waals surface area contributed by atoms with Gasteiger partial charge >= 0.3 is 6.01 Å². The summed E-state index contributed by atoms with van der Waals surface area (Å²) in [4.78, 5) is 36.7. The highest BCUT2D eigenvalue weighted by molar-refractivity contribution is 6.36. The molecule has 3 fully saturated rings. The van der Waals surface area contributed by atoms with E-state index in [-0.39, 0.29) is 42.2 Å². The Morgan fingerprint density at radius 2 is 1.60 bits per heavy atom. The number of aromatic nitrogens is 5. The minimum atomic E-state index is -1.02. The fourth-order valence-electron chi connectivity index (χ4n) is 11.0. The van der Waals surface area contributed by atoms with E-state index in [1.165, 1.54) is 15.5 Å². The summed E-state index contributed by atoms with van der Waals surface area (Å²) in [5, 5.41) is 52.5. The van der Waals surface area contributed by atoms with Gasteiger partial charge in [-0.05, 0) is 77.9 Å². The maximum atomic E-state index is 14.1. The molecule has 1 unspecified atom stereocenters. The molecule has 1 amide bonds. The Balaban J connectivity index is 0.786. The Morgan fingerprint density at radius 1 is 0.861 bits per heavy atom. The van der Waals surface area contributed by atoms with Crippen LogP contribution in [0.2, 0.25) is 5.02 Å². The number of carbonyl (C=O) groups is 1. The Hall–Kier alpha value is -7.00. The number of piperazine rings is 2. The molecule has 3 saturated heterocycles. The first-order chi connectivity index (χ1) is 34.8. The molecule has 4 aliphatic heterocycles. The zero-order valence-corrected chi connectivity index (χ0v) is 41.5. The van der Waals surface area contributed by atoms with Crippen molar-refractivity contribution >= 4 is 45.7 Å². The number of hydrogen-bond donors (Lipinski definition) is 3. The van der Waals surface area contributed by atoms with Gasteiger partial charge in [0, 0.05) is 101 Å². The third kappa shape index (κ3) is 9.82. The molecule has 72 heavy (non-hydrogen) atoms. The number of piperidine rings is 1. The van der Waals surface area contributed by atoms with E-state index < -0.39 is 17.8 Å². The number of aromatic hydroxyl groups is 3. The average Bonchev–Trinajstić information content (AvgIpc) is 3.76. The molecule has 4 aliphatic rings. The number of nitriles is 1. The maximum absolute atomic E-state index is 14.1. The topological polar surface area (TPSA) is 177 Å². The van der Waals surface area contributed by atoms with Gasteiger partial charge in [0.05, 0.1) is 47.0 Å². The van der Waals surface area contributed by atoms with Crippen molar-refractivity contribution in [1.82, 2.24) is 39.4 Å². The fraction of sp³-hybridized carbons (Fsp3) is 0.407. The van der Waals surface area contributed by atoms with Crippen molar-refractivity contribution in [2.75, 3.05) is 86.7 Å². The van der Waals surface area contributed by atoms with Gasteiger partial charge in [0.2, 0.25) is 5.95 Å². The maximum Gasteiger partial charge on any atom is 0.319 e.